The summed E-state index contributed by atoms with van der Waals surface area (Å²) in [5.41, 5.74) is 0.691. The van der Waals surface area contributed by atoms with E-state index in [1.807, 2.05) is 0 Å². The van der Waals surface area contributed by atoms with Crippen LogP contribution in [-0.4, -0.2) is 20.7 Å². The number of aliphatic imine (C=N–C) groups is 1. The quantitative estimate of drug-likeness (QED) is 0.791. The molecule has 0 fully saturated rings. The summed E-state index contributed by atoms with van der Waals surface area (Å²) in [5, 5.41) is 2.71. The van der Waals surface area contributed by atoms with Crippen LogP contribution in [0.25, 0.3) is 0 Å². The van der Waals surface area contributed by atoms with Crippen LogP contribution in [0, 0.1) is 5.82 Å². The maximum atomic E-state index is 13.2. The molecule has 0 radical (unpaired) electrons. The van der Waals surface area contributed by atoms with Crippen molar-refractivity contribution in [1.82, 2.24) is 4.72 Å². The Bertz CT molecular complexity index is 957. The summed E-state index contributed by atoms with van der Waals surface area (Å²) >= 11 is 0. The number of guanidine groups is 1. The zero-order valence-electron chi connectivity index (χ0n) is 12.8. The van der Waals surface area contributed by atoms with E-state index in [0.717, 1.165) is 24.3 Å². The van der Waals surface area contributed by atoms with Gasteiger partial charge < -0.3 is 10.1 Å². The van der Waals surface area contributed by atoms with Crippen LogP contribution in [0.3, 0.4) is 0 Å². The first-order chi connectivity index (χ1) is 12.1. The molecule has 2 aromatic carbocycles. The Hall–Kier alpha value is -2.82. The maximum Gasteiger partial charge on any atom is 0.573 e. The van der Waals surface area contributed by atoms with Crippen LogP contribution in [0.15, 0.2) is 52.4 Å². The molecule has 1 aliphatic rings. The van der Waals surface area contributed by atoms with Crippen molar-refractivity contribution in [3.8, 4) is 5.75 Å². The summed E-state index contributed by atoms with van der Waals surface area (Å²) in [7, 11) is -3.97. The van der Waals surface area contributed by atoms with E-state index in [9.17, 15) is 26.0 Å². The molecule has 6 nitrogen and oxygen atoms in total. The number of ether oxygens (including phenoxy) is 1. The number of nitrogens with zero attached hydrogens (tertiary/aromatic N) is 1. The summed E-state index contributed by atoms with van der Waals surface area (Å²) in [6, 6.07) is 8.23. The van der Waals surface area contributed by atoms with Crippen molar-refractivity contribution in [1.29, 1.82) is 0 Å². The molecule has 0 unspecified atom stereocenters. The van der Waals surface area contributed by atoms with Crippen LogP contribution < -0.4 is 14.8 Å². The van der Waals surface area contributed by atoms with Gasteiger partial charge in [0, 0.05) is 0 Å². The first kappa shape index (κ1) is 18.0. The second kappa shape index (κ2) is 6.48. The summed E-state index contributed by atoms with van der Waals surface area (Å²) in [6.45, 7) is -0.00627. The van der Waals surface area contributed by atoms with E-state index in [4.69, 9.17) is 0 Å². The average Bonchev–Trinajstić information content (AvgIpc) is 2.53. The third-order valence-electron chi connectivity index (χ3n) is 3.29. The molecule has 138 valence electrons. The molecule has 1 heterocycles. The van der Waals surface area contributed by atoms with Crippen molar-refractivity contribution < 1.29 is 30.7 Å². The number of benzene rings is 2. The fourth-order valence-corrected chi connectivity index (χ4v) is 3.35. The Morgan fingerprint density at radius 2 is 1.77 bits per heavy atom. The van der Waals surface area contributed by atoms with Crippen LogP contribution in [0.4, 0.5) is 23.2 Å². The molecular weight excluding hydrogens is 378 g/mol. The van der Waals surface area contributed by atoms with E-state index in [1.54, 1.807) is 0 Å². The molecular formula is C15H11F4N3O3S. The Balaban J connectivity index is 1.74. The lowest BCUT2D eigenvalue weighted by atomic mass is 10.2. The third kappa shape index (κ3) is 4.23. The lowest BCUT2D eigenvalue weighted by Crippen LogP contribution is -2.40. The number of nitrogens with one attached hydrogen (secondary N) is 2. The van der Waals surface area contributed by atoms with E-state index in [2.05, 4.69) is 19.8 Å². The normalized spacial score (nSPS) is 17.2. The monoisotopic (exact) mass is 389 g/mol. The fourth-order valence-electron chi connectivity index (χ4n) is 2.20. The number of sulfonamides is 1. The van der Waals surface area contributed by atoms with Gasteiger partial charge in [-0.15, -0.1) is 13.2 Å². The summed E-state index contributed by atoms with van der Waals surface area (Å²) in [6.07, 6.45) is -4.78. The molecule has 0 bridgehead atoms. The molecule has 26 heavy (non-hydrogen) atoms. The molecule has 0 atom stereocenters. The molecule has 0 aromatic heterocycles. The minimum absolute atomic E-state index is 0.00627. The van der Waals surface area contributed by atoms with E-state index in [-0.39, 0.29) is 28.8 Å². The SMILES string of the molecule is O=S1(=O)NC(=NCc2ccc(OC(F)(F)F)cc2)Nc2ccc(F)cc21. The molecule has 0 saturated carbocycles. The summed E-state index contributed by atoms with van der Waals surface area (Å²) < 4.78 is 79.7. The predicted octanol–water partition coefficient (Wildman–Crippen LogP) is 2.98. The highest BCUT2D eigenvalue weighted by Gasteiger charge is 2.31. The molecule has 2 N–H and O–H groups in total. The van der Waals surface area contributed by atoms with E-state index in [1.165, 1.54) is 18.2 Å². The highest BCUT2D eigenvalue weighted by atomic mass is 32.2. The van der Waals surface area contributed by atoms with E-state index in [0.29, 0.717) is 5.56 Å². The highest BCUT2D eigenvalue weighted by molar-refractivity contribution is 7.90. The van der Waals surface area contributed by atoms with Gasteiger partial charge in [0.1, 0.15) is 16.5 Å². The average molecular weight is 389 g/mol. The van der Waals surface area contributed by atoms with Crippen LogP contribution in [-0.2, 0) is 16.6 Å². The van der Waals surface area contributed by atoms with Gasteiger partial charge in [0.2, 0.25) is 5.96 Å². The van der Waals surface area contributed by atoms with Crippen LogP contribution in [0.2, 0.25) is 0 Å². The van der Waals surface area contributed by atoms with Crippen LogP contribution in [0.1, 0.15) is 5.56 Å². The lowest BCUT2D eigenvalue weighted by molar-refractivity contribution is -0.274. The highest BCUT2D eigenvalue weighted by Crippen LogP contribution is 2.26. The summed E-state index contributed by atoms with van der Waals surface area (Å²) in [4.78, 5) is 3.79. The Morgan fingerprint density at radius 1 is 1.08 bits per heavy atom. The first-order valence-electron chi connectivity index (χ1n) is 7.11. The van der Waals surface area contributed by atoms with Gasteiger partial charge in [0.15, 0.2) is 0 Å². The minimum atomic E-state index is -4.78. The van der Waals surface area contributed by atoms with E-state index < -0.39 is 22.2 Å². The predicted molar refractivity (Wildman–Crippen MR) is 84.6 cm³/mol. The summed E-state index contributed by atoms with van der Waals surface area (Å²) in [5.74, 6) is -1.15. The second-order valence-electron chi connectivity index (χ2n) is 5.23. The molecule has 0 saturated heterocycles. The van der Waals surface area contributed by atoms with Crippen molar-refractivity contribution in [3.63, 3.8) is 0 Å². The number of anilines is 1. The zero-order chi connectivity index (χ0) is 18.9. The number of fused-ring (bicyclic) bond motifs is 1. The van der Waals surface area contributed by atoms with Gasteiger partial charge in [0.25, 0.3) is 10.0 Å². The first-order valence-corrected chi connectivity index (χ1v) is 8.59. The van der Waals surface area contributed by atoms with Crippen LogP contribution >= 0.6 is 0 Å². The van der Waals surface area contributed by atoms with Crippen molar-refractivity contribution in [2.24, 2.45) is 4.99 Å². The molecule has 3 rings (SSSR count). The maximum absolute atomic E-state index is 13.2. The van der Waals surface area contributed by atoms with E-state index >= 15 is 0 Å². The molecule has 0 spiro atoms. The Kier molecular flexibility index (Phi) is 4.48. The largest absolute Gasteiger partial charge is 0.573 e. The number of hydrogen-bond donors (Lipinski definition) is 2. The Morgan fingerprint density at radius 3 is 2.42 bits per heavy atom. The fraction of sp³-hybridized carbons (Fsp3) is 0.133. The molecule has 1 aliphatic heterocycles. The molecule has 11 heteroatoms. The minimum Gasteiger partial charge on any atom is -0.406 e. The number of alkyl halides is 3. The van der Waals surface area contributed by atoms with Crippen molar-refractivity contribution in [2.75, 3.05) is 5.32 Å². The smallest absolute Gasteiger partial charge is 0.406 e. The Labute approximate surface area is 145 Å². The second-order valence-corrected chi connectivity index (χ2v) is 6.88. The zero-order valence-corrected chi connectivity index (χ0v) is 13.7. The number of halogens is 4. The topological polar surface area (TPSA) is 79.8 Å². The number of hydrogen-bond acceptors (Lipinski definition) is 4. The van der Waals surface area contributed by atoms with Gasteiger partial charge in [-0.2, -0.15) is 0 Å². The standard InChI is InChI=1S/C15H11F4N3O3S/c16-10-3-6-12-13(7-10)26(23,24)22-14(21-12)20-8-9-1-4-11(5-2-9)25-15(17,18)19/h1-7H,8H2,(H2,20,21,22). The molecule has 0 aliphatic carbocycles. The van der Waals surface area contributed by atoms with Crippen molar-refractivity contribution >= 4 is 21.7 Å². The van der Waals surface area contributed by atoms with Gasteiger partial charge in [0.05, 0.1) is 12.2 Å². The van der Waals surface area contributed by atoms with Crippen LogP contribution in [0.5, 0.6) is 5.75 Å². The van der Waals surface area contributed by atoms with Gasteiger partial charge in [-0.1, -0.05) is 12.1 Å². The van der Waals surface area contributed by atoms with Gasteiger partial charge in [-0.3, -0.25) is 0 Å². The third-order valence-corrected chi connectivity index (χ3v) is 4.67. The van der Waals surface area contributed by atoms with Crippen molar-refractivity contribution in [3.05, 3.63) is 53.8 Å². The van der Waals surface area contributed by atoms with Gasteiger partial charge in [-0.05, 0) is 35.9 Å². The van der Waals surface area contributed by atoms with Gasteiger partial charge in [-0.25, -0.2) is 22.5 Å². The van der Waals surface area contributed by atoms with Crippen molar-refractivity contribution in [2.45, 2.75) is 17.8 Å². The number of rotatable bonds is 3. The molecule has 2 aromatic rings. The lowest BCUT2D eigenvalue weighted by Gasteiger charge is -2.21. The molecule has 0 amide bonds. The van der Waals surface area contributed by atoms with Gasteiger partial charge >= 0.3 is 6.36 Å².